The van der Waals surface area contributed by atoms with Gasteiger partial charge in [0, 0.05) is 23.6 Å². The molecule has 2 rings (SSSR count). The van der Waals surface area contributed by atoms with Crippen molar-refractivity contribution >= 4 is 16.8 Å². The highest BCUT2D eigenvalue weighted by molar-refractivity contribution is 5.89. The highest BCUT2D eigenvalue weighted by Crippen LogP contribution is 2.23. The second-order valence-electron chi connectivity index (χ2n) is 5.10. The molecule has 1 heterocycles. The molecule has 1 aromatic carbocycles. The van der Waals surface area contributed by atoms with Crippen LogP contribution in [-0.4, -0.2) is 35.8 Å². The van der Waals surface area contributed by atoms with Gasteiger partial charge in [0.2, 0.25) is 5.91 Å². The van der Waals surface area contributed by atoms with Crippen molar-refractivity contribution in [2.24, 2.45) is 0 Å². The third kappa shape index (κ3) is 3.98. The van der Waals surface area contributed by atoms with Crippen molar-refractivity contribution in [3.8, 4) is 5.75 Å². The van der Waals surface area contributed by atoms with Gasteiger partial charge in [-0.25, -0.2) is 0 Å². The predicted octanol–water partition coefficient (Wildman–Crippen LogP) is 2.00. The van der Waals surface area contributed by atoms with Crippen LogP contribution in [0.4, 0.5) is 0 Å². The molecule has 0 radical (unpaired) electrons. The lowest BCUT2D eigenvalue weighted by Crippen LogP contribution is -2.28. The molecule has 1 unspecified atom stereocenters. The number of aromatic amines is 1. The third-order valence-corrected chi connectivity index (χ3v) is 3.60. The van der Waals surface area contributed by atoms with Gasteiger partial charge in [0.1, 0.15) is 5.75 Å². The third-order valence-electron chi connectivity index (χ3n) is 3.60. The van der Waals surface area contributed by atoms with Gasteiger partial charge in [0.15, 0.2) is 0 Å². The van der Waals surface area contributed by atoms with Crippen LogP contribution in [0.3, 0.4) is 0 Å². The summed E-state index contributed by atoms with van der Waals surface area (Å²) in [5, 5.41) is 13.3. The Morgan fingerprint density at radius 2 is 2.29 bits per heavy atom. The first-order valence-corrected chi connectivity index (χ1v) is 7.22. The molecule has 5 heteroatoms. The van der Waals surface area contributed by atoms with E-state index in [1.54, 1.807) is 7.11 Å². The number of aliphatic hydroxyl groups excluding tert-OH is 1. The van der Waals surface area contributed by atoms with E-state index < -0.39 is 0 Å². The normalized spacial score (nSPS) is 12.3. The topological polar surface area (TPSA) is 74.4 Å². The summed E-state index contributed by atoms with van der Waals surface area (Å²) in [4.78, 5) is 15.1. The molecule has 3 N–H and O–H groups in total. The predicted molar refractivity (Wildman–Crippen MR) is 82.5 cm³/mol. The maximum absolute atomic E-state index is 11.9. The standard InChI is InChI=1S/C16H22N2O3/c1-3-12(19)6-7-17-16(20)8-11-10-18-15-5-4-13(21-2)9-14(11)15/h4-5,9-10,12,18-19H,3,6-8H2,1-2H3,(H,17,20). The number of rotatable bonds is 7. The minimum Gasteiger partial charge on any atom is -0.497 e. The van der Waals surface area contributed by atoms with Gasteiger partial charge in [-0.1, -0.05) is 6.92 Å². The summed E-state index contributed by atoms with van der Waals surface area (Å²) in [7, 11) is 1.62. The fraction of sp³-hybridized carbons (Fsp3) is 0.438. The fourth-order valence-electron chi connectivity index (χ4n) is 2.25. The summed E-state index contributed by atoms with van der Waals surface area (Å²) >= 11 is 0. The van der Waals surface area contributed by atoms with Crippen molar-refractivity contribution < 1.29 is 14.6 Å². The number of amides is 1. The number of benzene rings is 1. The minimum absolute atomic E-state index is 0.0398. The lowest BCUT2D eigenvalue weighted by Gasteiger charge is -2.08. The molecule has 0 saturated carbocycles. The molecule has 0 saturated heterocycles. The maximum Gasteiger partial charge on any atom is 0.224 e. The van der Waals surface area contributed by atoms with Crippen LogP contribution in [0.15, 0.2) is 24.4 Å². The van der Waals surface area contributed by atoms with Gasteiger partial charge in [-0.3, -0.25) is 4.79 Å². The number of fused-ring (bicyclic) bond motifs is 1. The maximum atomic E-state index is 11.9. The van der Waals surface area contributed by atoms with Gasteiger partial charge >= 0.3 is 0 Å². The molecule has 1 aromatic heterocycles. The lowest BCUT2D eigenvalue weighted by molar-refractivity contribution is -0.120. The molecule has 114 valence electrons. The van der Waals surface area contributed by atoms with E-state index in [9.17, 15) is 9.90 Å². The number of methoxy groups -OCH3 is 1. The van der Waals surface area contributed by atoms with Crippen LogP contribution in [0.5, 0.6) is 5.75 Å². The Hall–Kier alpha value is -2.01. The Morgan fingerprint density at radius 3 is 3.00 bits per heavy atom. The number of aliphatic hydroxyl groups is 1. The zero-order valence-corrected chi connectivity index (χ0v) is 12.5. The van der Waals surface area contributed by atoms with E-state index >= 15 is 0 Å². The molecule has 0 aliphatic carbocycles. The van der Waals surface area contributed by atoms with Gasteiger partial charge < -0.3 is 20.1 Å². The van der Waals surface area contributed by atoms with Crippen LogP contribution in [0.25, 0.3) is 10.9 Å². The Bertz CT molecular complexity index is 607. The molecule has 0 spiro atoms. The van der Waals surface area contributed by atoms with E-state index in [0.717, 1.165) is 22.2 Å². The number of carbonyl (C=O) groups is 1. The number of H-pyrrole nitrogens is 1. The fourth-order valence-corrected chi connectivity index (χ4v) is 2.25. The molecule has 2 aromatic rings. The molecule has 0 aliphatic heterocycles. The average molecular weight is 290 g/mol. The van der Waals surface area contributed by atoms with Gasteiger partial charge in [0.25, 0.3) is 0 Å². The highest BCUT2D eigenvalue weighted by atomic mass is 16.5. The Morgan fingerprint density at radius 1 is 1.48 bits per heavy atom. The number of hydrogen-bond donors (Lipinski definition) is 3. The highest BCUT2D eigenvalue weighted by Gasteiger charge is 2.10. The van der Waals surface area contributed by atoms with Crippen molar-refractivity contribution in [1.29, 1.82) is 0 Å². The van der Waals surface area contributed by atoms with Crippen LogP contribution < -0.4 is 10.1 Å². The summed E-state index contributed by atoms with van der Waals surface area (Å²) in [6.07, 6.45) is 3.12. The second kappa shape index (κ2) is 7.13. The molecule has 21 heavy (non-hydrogen) atoms. The van der Waals surface area contributed by atoms with Crippen LogP contribution in [0, 0.1) is 0 Å². The van der Waals surface area contributed by atoms with Crippen molar-refractivity contribution in [2.75, 3.05) is 13.7 Å². The van der Waals surface area contributed by atoms with Crippen molar-refractivity contribution in [1.82, 2.24) is 10.3 Å². The monoisotopic (exact) mass is 290 g/mol. The minimum atomic E-state index is -0.345. The number of carbonyl (C=O) groups excluding carboxylic acids is 1. The molecule has 5 nitrogen and oxygen atoms in total. The SMILES string of the molecule is CCC(O)CCNC(=O)Cc1c[nH]c2ccc(OC)cc12. The van der Waals surface area contributed by atoms with Crippen molar-refractivity contribution in [3.63, 3.8) is 0 Å². The van der Waals surface area contributed by atoms with Gasteiger partial charge in [-0.15, -0.1) is 0 Å². The van der Waals surface area contributed by atoms with Crippen LogP contribution >= 0.6 is 0 Å². The van der Waals surface area contributed by atoms with E-state index in [-0.39, 0.29) is 12.0 Å². The van der Waals surface area contributed by atoms with Crippen molar-refractivity contribution in [2.45, 2.75) is 32.3 Å². The summed E-state index contributed by atoms with van der Waals surface area (Å²) < 4.78 is 5.21. The number of hydrogen-bond acceptors (Lipinski definition) is 3. The van der Waals surface area contributed by atoms with E-state index in [4.69, 9.17) is 4.74 Å². The molecular formula is C16H22N2O3. The molecule has 0 aliphatic rings. The Labute approximate surface area is 124 Å². The molecule has 0 fully saturated rings. The first-order valence-electron chi connectivity index (χ1n) is 7.22. The summed E-state index contributed by atoms with van der Waals surface area (Å²) in [6.45, 7) is 2.42. The molecule has 1 amide bonds. The Kier molecular flexibility index (Phi) is 5.22. The van der Waals surface area contributed by atoms with Crippen LogP contribution in [-0.2, 0) is 11.2 Å². The molecular weight excluding hydrogens is 268 g/mol. The summed E-state index contributed by atoms with van der Waals surface area (Å²) in [5.74, 6) is 0.733. The average Bonchev–Trinajstić information content (AvgIpc) is 2.89. The first kappa shape index (κ1) is 15.4. The van der Waals surface area contributed by atoms with E-state index in [2.05, 4.69) is 10.3 Å². The largest absolute Gasteiger partial charge is 0.497 e. The molecule has 1 atom stereocenters. The number of aromatic nitrogens is 1. The lowest BCUT2D eigenvalue weighted by atomic mass is 10.1. The number of nitrogens with one attached hydrogen (secondary N) is 2. The van der Waals surface area contributed by atoms with Crippen LogP contribution in [0.2, 0.25) is 0 Å². The van der Waals surface area contributed by atoms with Gasteiger partial charge in [-0.2, -0.15) is 0 Å². The smallest absolute Gasteiger partial charge is 0.224 e. The van der Waals surface area contributed by atoms with Crippen LogP contribution in [0.1, 0.15) is 25.3 Å². The Balaban J connectivity index is 1.97. The number of ether oxygens (including phenoxy) is 1. The van der Waals surface area contributed by atoms with Gasteiger partial charge in [-0.05, 0) is 36.6 Å². The summed E-state index contributed by atoms with van der Waals surface area (Å²) in [6, 6.07) is 5.75. The first-order chi connectivity index (χ1) is 10.1. The zero-order chi connectivity index (χ0) is 15.2. The van der Waals surface area contributed by atoms with E-state index in [0.29, 0.717) is 25.8 Å². The van der Waals surface area contributed by atoms with Crippen molar-refractivity contribution in [3.05, 3.63) is 30.0 Å². The quantitative estimate of drug-likeness (QED) is 0.730. The van der Waals surface area contributed by atoms with Gasteiger partial charge in [0.05, 0.1) is 19.6 Å². The summed E-state index contributed by atoms with van der Waals surface area (Å²) in [5.41, 5.74) is 1.93. The molecule has 0 bridgehead atoms. The van der Waals surface area contributed by atoms with E-state index in [1.807, 2.05) is 31.3 Å². The second-order valence-corrected chi connectivity index (χ2v) is 5.10. The zero-order valence-electron chi connectivity index (χ0n) is 12.5. The van der Waals surface area contributed by atoms with E-state index in [1.165, 1.54) is 0 Å².